The fraction of sp³-hybridized carbons (Fsp3) is 0.174. The number of halogens is 2. The van der Waals surface area contributed by atoms with Crippen LogP contribution in [-0.2, 0) is 6.54 Å². The number of anilines is 1. The van der Waals surface area contributed by atoms with Gasteiger partial charge in [0.05, 0.1) is 24.9 Å². The number of urea groups is 1. The lowest BCUT2D eigenvalue weighted by Crippen LogP contribution is -2.31. The zero-order chi connectivity index (χ0) is 23.4. The van der Waals surface area contributed by atoms with Gasteiger partial charge in [-0.3, -0.25) is 0 Å². The van der Waals surface area contributed by atoms with Gasteiger partial charge in [-0.25, -0.2) is 19.2 Å². The van der Waals surface area contributed by atoms with Crippen LogP contribution in [0.2, 0.25) is 5.02 Å². The molecule has 0 fully saturated rings. The molecule has 0 aliphatic rings. The van der Waals surface area contributed by atoms with E-state index in [1.807, 2.05) is 10.6 Å². The summed E-state index contributed by atoms with van der Waals surface area (Å²) in [6.45, 7) is 0.683. The Morgan fingerprint density at radius 1 is 1.12 bits per heavy atom. The summed E-state index contributed by atoms with van der Waals surface area (Å²) in [6, 6.07) is 12.4. The first-order valence-corrected chi connectivity index (χ1v) is 10.4. The van der Waals surface area contributed by atoms with E-state index in [9.17, 15) is 9.18 Å². The zero-order valence-corrected chi connectivity index (χ0v) is 18.7. The van der Waals surface area contributed by atoms with Crippen LogP contribution in [0.15, 0.2) is 54.7 Å². The number of benzene rings is 2. The lowest BCUT2D eigenvalue weighted by molar-refractivity contribution is 0.251. The van der Waals surface area contributed by atoms with E-state index in [1.165, 1.54) is 26.4 Å². The second-order valence-electron chi connectivity index (χ2n) is 7.01. The highest BCUT2D eigenvalue weighted by Gasteiger charge is 2.15. The van der Waals surface area contributed by atoms with Crippen molar-refractivity contribution in [3.63, 3.8) is 0 Å². The first kappa shape index (κ1) is 22.3. The molecule has 0 aliphatic heterocycles. The maximum atomic E-state index is 13.4. The molecule has 33 heavy (non-hydrogen) atoms. The number of hydrogen-bond donors (Lipinski definition) is 2. The van der Waals surface area contributed by atoms with Gasteiger partial charge >= 0.3 is 6.03 Å². The van der Waals surface area contributed by atoms with Crippen molar-refractivity contribution in [1.82, 2.24) is 19.9 Å². The van der Waals surface area contributed by atoms with E-state index in [2.05, 4.69) is 20.6 Å². The van der Waals surface area contributed by atoms with Crippen LogP contribution in [0.25, 0.3) is 22.6 Å². The van der Waals surface area contributed by atoms with E-state index in [0.29, 0.717) is 45.7 Å². The lowest BCUT2D eigenvalue weighted by Gasteiger charge is -2.14. The van der Waals surface area contributed by atoms with Crippen LogP contribution in [0.3, 0.4) is 0 Å². The minimum atomic E-state index is -0.435. The molecule has 0 aliphatic carbocycles. The number of hydrogen-bond acceptors (Lipinski definition) is 5. The number of aromatic nitrogens is 3. The first-order chi connectivity index (χ1) is 16.0. The minimum absolute atomic E-state index is 0.286. The average Bonchev–Trinajstić information content (AvgIpc) is 3.18. The third-order valence-corrected chi connectivity index (χ3v) is 5.24. The number of carbonyl (C=O) groups is 1. The summed E-state index contributed by atoms with van der Waals surface area (Å²) in [5.74, 6) is 1.16. The molecule has 4 aromatic rings. The molecule has 2 aromatic carbocycles. The van der Waals surface area contributed by atoms with Gasteiger partial charge in [0.15, 0.2) is 5.65 Å². The topological polar surface area (TPSA) is 90.3 Å². The molecule has 0 atom stereocenters. The molecule has 2 amide bonds. The molecule has 2 heterocycles. The number of fused-ring (bicyclic) bond motifs is 1. The van der Waals surface area contributed by atoms with Crippen LogP contribution in [0.4, 0.5) is 14.9 Å². The Hall–Kier alpha value is -3.85. The Labute approximate surface area is 194 Å². The number of nitrogens with zero attached hydrogens (tertiary/aromatic N) is 3. The third-order valence-electron chi connectivity index (χ3n) is 4.95. The fourth-order valence-corrected chi connectivity index (χ4v) is 3.64. The van der Waals surface area contributed by atoms with Gasteiger partial charge in [0.1, 0.15) is 28.7 Å². The smallest absolute Gasteiger partial charge is 0.319 e. The van der Waals surface area contributed by atoms with Crippen molar-refractivity contribution in [2.45, 2.75) is 6.54 Å². The summed E-state index contributed by atoms with van der Waals surface area (Å²) in [4.78, 5) is 21.5. The summed E-state index contributed by atoms with van der Waals surface area (Å²) in [7, 11) is 2.98. The summed E-state index contributed by atoms with van der Waals surface area (Å²) >= 11 is 6.16. The van der Waals surface area contributed by atoms with Crippen LogP contribution < -0.4 is 20.1 Å². The van der Waals surface area contributed by atoms with Crippen molar-refractivity contribution < 1.29 is 18.7 Å². The summed E-state index contributed by atoms with van der Waals surface area (Å²) in [6.07, 6.45) is 1.68. The first-order valence-electron chi connectivity index (χ1n) is 10.0. The van der Waals surface area contributed by atoms with Gasteiger partial charge in [0.25, 0.3) is 0 Å². The number of ether oxygens (including phenoxy) is 2. The SMILES string of the molecule is COc1cc(OC)c(NC(=O)NCCn2c(-c3ccc(F)cc3)nc3cccnc32)cc1Cl. The Morgan fingerprint density at radius 3 is 2.61 bits per heavy atom. The van der Waals surface area contributed by atoms with E-state index >= 15 is 0 Å². The Bertz CT molecular complexity index is 1290. The molecule has 8 nitrogen and oxygen atoms in total. The summed E-state index contributed by atoms with van der Waals surface area (Å²) < 4.78 is 25.7. The second-order valence-corrected chi connectivity index (χ2v) is 7.42. The van der Waals surface area contributed by atoms with Crippen LogP contribution >= 0.6 is 11.6 Å². The quantitative estimate of drug-likeness (QED) is 0.408. The van der Waals surface area contributed by atoms with Crippen molar-refractivity contribution in [2.24, 2.45) is 0 Å². The van der Waals surface area contributed by atoms with Crippen LogP contribution in [0.1, 0.15) is 0 Å². The second kappa shape index (κ2) is 9.74. The molecule has 0 saturated carbocycles. The lowest BCUT2D eigenvalue weighted by atomic mass is 10.2. The minimum Gasteiger partial charge on any atom is -0.495 e. The Kier molecular flexibility index (Phi) is 6.60. The molecule has 0 saturated heterocycles. The van der Waals surface area contributed by atoms with Gasteiger partial charge in [-0.1, -0.05) is 11.6 Å². The monoisotopic (exact) mass is 469 g/mol. The molecule has 10 heteroatoms. The largest absolute Gasteiger partial charge is 0.495 e. The van der Waals surface area contributed by atoms with Crippen molar-refractivity contribution in [3.05, 3.63) is 65.6 Å². The highest BCUT2D eigenvalue weighted by molar-refractivity contribution is 6.32. The predicted molar refractivity (Wildman–Crippen MR) is 124 cm³/mol. The molecule has 0 spiro atoms. The molecule has 0 bridgehead atoms. The number of methoxy groups -OCH3 is 2. The molecule has 4 rings (SSSR count). The number of pyridine rings is 1. The van der Waals surface area contributed by atoms with Crippen LogP contribution in [0.5, 0.6) is 11.5 Å². The Balaban J connectivity index is 1.49. The van der Waals surface area contributed by atoms with Crippen molar-refractivity contribution in [2.75, 3.05) is 26.1 Å². The fourth-order valence-electron chi connectivity index (χ4n) is 3.40. The van der Waals surface area contributed by atoms with Gasteiger partial charge in [0, 0.05) is 30.9 Å². The standard InChI is InChI=1S/C23H21ClFN5O3/c1-32-19-13-20(33-2)18(12-16(19)24)29-23(31)27-10-11-30-21(14-5-7-15(25)8-6-14)28-17-4-3-9-26-22(17)30/h3-9,12-13H,10-11H2,1-2H3,(H2,27,29,31). The van der Waals surface area contributed by atoms with Gasteiger partial charge in [-0.05, 0) is 42.5 Å². The number of imidazole rings is 1. The van der Waals surface area contributed by atoms with Crippen molar-refractivity contribution in [3.8, 4) is 22.9 Å². The molecular formula is C23H21ClFN5O3. The van der Waals surface area contributed by atoms with Crippen LogP contribution in [0, 0.1) is 5.82 Å². The number of amides is 2. The summed E-state index contributed by atoms with van der Waals surface area (Å²) in [5.41, 5.74) is 2.53. The number of carbonyl (C=O) groups excluding carboxylic acids is 1. The van der Waals surface area contributed by atoms with Gasteiger partial charge in [0.2, 0.25) is 0 Å². The molecule has 2 N–H and O–H groups in total. The molecule has 0 radical (unpaired) electrons. The van der Waals surface area contributed by atoms with Gasteiger partial charge in [-0.15, -0.1) is 0 Å². The maximum Gasteiger partial charge on any atom is 0.319 e. The predicted octanol–water partition coefficient (Wildman–Crippen LogP) is 4.73. The molecular weight excluding hydrogens is 449 g/mol. The summed E-state index contributed by atoms with van der Waals surface area (Å²) in [5, 5.41) is 5.87. The molecule has 0 unspecified atom stereocenters. The number of nitrogens with one attached hydrogen (secondary N) is 2. The number of rotatable bonds is 7. The Morgan fingerprint density at radius 2 is 1.88 bits per heavy atom. The van der Waals surface area contributed by atoms with E-state index in [-0.39, 0.29) is 12.4 Å². The zero-order valence-electron chi connectivity index (χ0n) is 17.9. The highest BCUT2D eigenvalue weighted by atomic mass is 35.5. The molecule has 2 aromatic heterocycles. The van der Waals surface area contributed by atoms with Crippen molar-refractivity contribution in [1.29, 1.82) is 0 Å². The van der Waals surface area contributed by atoms with E-state index in [4.69, 9.17) is 21.1 Å². The van der Waals surface area contributed by atoms with E-state index in [1.54, 1.807) is 36.5 Å². The average molecular weight is 470 g/mol. The van der Waals surface area contributed by atoms with Crippen molar-refractivity contribution >= 4 is 34.5 Å². The molecule has 170 valence electrons. The normalized spacial score (nSPS) is 10.8. The highest BCUT2D eigenvalue weighted by Crippen LogP contribution is 2.35. The van der Waals surface area contributed by atoms with E-state index in [0.717, 1.165) is 5.56 Å². The maximum absolute atomic E-state index is 13.4. The van der Waals surface area contributed by atoms with E-state index < -0.39 is 6.03 Å². The van der Waals surface area contributed by atoms with Gasteiger partial charge < -0.3 is 24.7 Å². The van der Waals surface area contributed by atoms with Gasteiger partial charge in [-0.2, -0.15) is 0 Å². The van der Waals surface area contributed by atoms with Crippen LogP contribution in [-0.4, -0.2) is 41.3 Å². The third kappa shape index (κ3) is 4.83.